The second-order valence-electron chi connectivity index (χ2n) is 6.14. The topological polar surface area (TPSA) is 61.9 Å². The minimum atomic E-state index is -0.187. The number of aryl methyl sites for hydroxylation is 1. The monoisotopic (exact) mass is 286 g/mol. The summed E-state index contributed by atoms with van der Waals surface area (Å²) in [6.07, 6.45) is 0. The maximum atomic E-state index is 12.6. The van der Waals surface area contributed by atoms with Crippen LogP contribution in [0.4, 0.5) is 5.69 Å². The maximum Gasteiger partial charge on any atom is 0.297 e. The molecule has 0 aliphatic heterocycles. The van der Waals surface area contributed by atoms with Crippen LogP contribution in [0, 0.1) is 6.92 Å². The highest BCUT2D eigenvalue weighted by Crippen LogP contribution is 2.20. The van der Waals surface area contributed by atoms with Crippen molar-refractivity contribution in [2.45, 2.75) is 40.0 Å². The van der Waals surface area contributed by atoms with Crippen LogP contribution in [-0.4, -0.2) is 27.6 Å². The number of carbonyl (C=O) groups excluding carboxylic acids is 1. The molecule has 1 N–H and O–H groups in total. The number of amides is 1. The van der Waals surface area contributed by atoms with Crippen molar-refractivity contribution in [2.75, 3.05) is 11.4 Å². The van der Waals surface area contributed by atoms with E-state index >= 15 is 0 Å². The fraction of sp³-hybridized carbons (Fsp3) is 0.438. The Balaban J connectivity index is 2.28. The van der Waals surface area contributed by atoms with Gasteiger partial charge in [0.05, 0.1) is 0 Å². The third-order valence-corrected chi connectivity index (χ3v) is 3.29. The van der Waals surface area contributed by atoms with Gasteiger partial charge in [0.1, 0.15) is 5.82 Å². The van der Waals surface area contributed by atoms with E-state index in [1.54, 1.807) is 4.90 Å². The van der Waals surface area contributed by atoms with Gasteiger partial charge in [0.2, 0.25) is 5.82 Å². The predicted molar refractivity (Wildman–Crippen MR) is 83.6 cm³/mol. The lowest BCUT2D eigenvalue weighted by Crippen LogP contribution is -2.31. The Kier molecular flexibility index (Phi) is 4.11. The van der Waals surface area contributed by atoms with Crippen molar-refractivity contribution in [2.24, 2.45) is 0 Å². The molecule has 0 aliphatic carbocycles. The third-order valence-electron chi connectivity index (χ3n) is 3.29. The molecule has 1 heterocycles. The van der Waals surface area contributed by atoms with Crippen LogP contribution in [0.25, 0.3) is 0 Å². The van der Waals surface area contributed by atoms with E-state index in [0.29, 0.717) is 12.4 Å². The van der Waals surface area contributed by atoms with Crippen LogP contribution in [0.1, 0.15) is 49.7 Å². The molecule has 0 radical (unpaired) electrons. The smallest absolute Gasteiger partial charge is 0.297 e. The number of benzene rings is 1. The third kappa shape index (κ3) is 3.29. The van der Waals surface area contributed by atoms with E-state index in [9.17, 15) is 4.79 Å². The number of aromatic amines is 1. The number of hydrogen-bond donors (Lipinski definition) is 1. The van der Waals surface area contributed by atoms with Crippen LogP contribution in [-0.2, 0) is 5.41 Å². The van der Waals surface area contributed by atoms with Crippen LogP contribution in [0.2, 0.25) is 0 Å². The van der Waals surface area contributed by atoms with Crippen LogP contribution >= 0.6 is 0 Å². The first-order valence-corrected chi connectivity index (χ1v) is 7.14. The number of nitrogens with zero attached hydrogens (tertiary/aromatic N) is 3. The van der Waals surface area contributed by atoms with E-state index in [1.807, 2.05) is 58.9 Å². The summed E-state index contributed by atoms with van der Waals surface area (Å²) in [7, 11) is 0. The van der Waals surface area contributed by atoms with E-state index in [-0.39, 0.29) is 17.1 Å². The van der Waals surface area contributed by atoms with E-state index in [4.69, 9.17) is 0 Å². The quantitative estimate of drug-likeness (QED) is 0.943. The number of nitrogens with one attached hydrogen (secondary N) is 1. The van der Waals surface area contributed by atoms with Gasteiger partial charge in [0.15, 0.2) is 0 Å². The summed E-state index contributed by atoms with van der Waals surface area (Å²) < 4.78 is 0. The number of rotatable bonds is 3. The summed E-state index contributed by atoms with van der Waals surface area (Å²) in [6, 6.07) is 7.86. The highest BCUT2D eigenvalue weighted by molar-refractivity contribution is 6.03. The van der Waals surface area contributed by atoms with Crippen molar-refractivity contribution in [1.82, 2.24) is 15.2 Å². The standard InChI is InChI=1S/C16H22N4O/c1-6-20(12-9-7-11(2)8-10-12)14(21)13-17-15(19-18-13)16(3,4)5/h7-10H,6H2,1-5H3,(H,17,18,19). The minimum absolute atomic E-state index is 0.160. The zero-order valence-electron chi connectivity index (χ0n) is 13.3. The van der Waals surface area contributed by atoms with Gasteiger partial charge in [-0.3, -0.25) is 9.89 Å². The molecule has 0 atom stereocenters. The zero-order chi connectivity index (χ0) is 15.6. The number of aromatic nitrogens is 3. The lowest BCUT2D eigenvalue weighted by atomic mass is 9.96. The van der Waals surface area contributed by atoms with Crippen LogP contribution in [0.3, 0.4) is 0 Å². The first-order valence-electron chi connectivity index (χ1n) is 7.14. The average Bonchev–Trinajstić information content (AvgIpc) is 2.91. The minimum Gasteiger partial charge on any atom is -0.306 e. The van der Waals surface area contributed by atoms with Crippen molar-refractivity contribution in [3.63, 3.8) is 0 Å². The van der Waals surface area contributed by atoms with Crippen LogP contribution in [0.5, 0.6) is 0 Å². The molecule has 112 valence electrons. The molecule has 0 spiro atoms. The van der Waals surface area contributed by atoms with E-state index in [0.717, 1.165) is 11.3 Å². The van der Waals surface area contributed by atoms with Gasteiger partial charge in [-0.2, -0.15) is 0 Å². The molecule has 2 aromatic rings. The van der Waals surface area contributed by atoms with Gasteiger partial charge in [0, 0.05) is 17.6 Å². The van der Waals surface area contributed by atoms with Crippen molar-refractivity contribution in [3.05, 3.63) is 41.5 Å². The Morgan fingerprint density at radius 3 is 2.33 bits per heavy atom. The number of hydrogen-bond acceptors (Lipinski definition) is 3. The number of anilines is 1. The highest BCUT2D eigenvalue weighted by Gasteiger charge is 2.24. The Hall–Kier alpha value is -2.17. The summed E-state index contributed by atoms with van der Waals surface area (Å²) in [6.45, 7) is 10.6. The van der Waals surface area contributed by atoms with Gasteiger partial charge in [-0.1, -0.05) is 38.5 Å². The molecule has 1 amide bonds. The summed E-state index contributed by atoms with van der Waals surface area (Å²) in [5, 5.41) is 6.92. The fourth-order valence-corrected chi connectivity index (χ4v) is 1.98. The van der Waals surface area contributed by atoms with Crippen molar-refractivity contribution in [1.29, 1.82) is 0 Å². The molecular formula is C16H22N4O. The molecule has 1 aromatic carbocycles. The Morgan fingerprint density at radius 1 is 1.24 bits per heavy atom. The van der Waals surface area contributed by atoms with Gasteiger partial charge in [0.25, 0.3) is 5.91 Å². The molecule has 1 aromatic heterocycles. The number of H-pyrrole nitrogens is 1. The molecule has 2 rings (SSSR count). The first kappa shape index (κ1) is 15.2. The summed E-state index contributed by atoms with van der Waals surface area (Å²) in [5.41, 5.74) is 1.86. The molecule has 5 heteroatoms. The summed E-state index contributed by atoms with van der Waals surface area (Å²) in [5.74, 6) is 0.737. The van der Waals surface area contributed by atoms with E-state index in [1.165, 1.54) is 0 Å². The Labute approximate surface area is 125 Å². The van der Waals surface area contributed by atoms with Gasteiger partial charge in [-0.15, -0.1) is 5.10 Å². The van der Waals surface area contributed by atoms with Crippen molar-refractivity contribution in [3.8, 4) is 0 Å². The van der Waals surface area contributed by atoms with E-state index in [2.05, 4.69) is 15.2 Å². The van der Waals surface area contributed by atoms with Crippen LogP contribution in [0.15, 0.2) is 24.3 Å². The van der Waals surface area contributed by atoms with Gasteiger partial charge in [-0.25, -0.2) is 4.98 Å². The van der Waals surface area contributed by atoms with Gasteiger partial charge >= 0.3 is 0 Å². The molecule has 0 aliphatic rings. The molecule has 0 saturated carbocycles. The Bertz CT molecular complexity index is 622. The molecule has 0 saturated heterocycles. The summed E-state index contributed by atoms with van der Waals surface area (Å²) in [4.78, 5) is 18.6. The molecule has 0 bridgehead atoms. The summed E-state index contributed by atoms with van der Waals surface area (Å²) >= 11 is 0. The fourth-order valence-electron chi connectivity index (χ4n) is 1.98. The lowest BCUT2D eigenvalue weighted by molar-refractivity contribution is 0.0978. The largest absolute Gasteiger partial charge is 0.306 e. The lowest BCUT2D eigenvalue weighted by Gasteiger charge is -2.19. The molecule has 0 unspecified atom stereocenters. The average molecular weight is 286 g/mol. The van der Waals surface area contributed by atoms with Crippen LogP contribution < -0.4 is 4.90 Å². The van der Waals surface area contributed by atoms with Gasteiger partial charge in [-0.05, 0) is 26.0 Å². The van der Waals surface area contributed by atoms with Gasteiger partial charge < -0.3 is 4.90 Å². The Morgan fingerprint density at radius 2 is 1.86 bits per heavy atom. The normalized spacial score (nSPS) is 11.5. The zero-order valence-corrected chi connectivity index (χ0v) is 13.3. The maximum absolute atomic E-state index is 12.6. The SMILES string of the molecule is CCN(C(=O)c1n[nH]c(C(C)(C)C)n1)c1ccc(C)cc1. The first-order chi connectivity index (χ1) is 9.82. The molecule has 5 nitrogen and oxygen atoms in total. The van der Waals surface area contributed by atoms with Crippen molar-refractivity contribution >= 4 is 11.6 Å². The second kappa shape index (κ2) is 5.68. The van der Waals surface area contributed by atoms with Crippen molar-refractivity contribution < 1.29 is 4.79 Å². The highest BCUT2D eigenvalue weighted by atomic mass is 16.2. The molecule has 0 fully saturated rings. The number of carbonyl (C=O) groups is 1. The molecule has 21 heavy (non-hydrogen) atoms. The second-order valence-corrected chi connectivity index (χ2v) is 6.14. The molecular weight excluding hydrogens is 264 g/mol. The predicted octanol–water partition coefficient (Wildman–Crippen LogP) is 3.08. The van der Waals surface area contributed by atoms with E-state index < -0.39 is 0 Å².